The monoisotopic (exact) mass is 469 g/mol. The van der Waals surface area contributed by atoms with E-state index in [0.717, 1.165) is 62.9 Å². The van der Waals surface area contributed by atoms with E-state index in [-0.39, 0.29) is 46.7 Å². The van der Waals surface area contributed by atoms with Gasteiger partial charge >= 0.3 is 0 Å². The summed E-state index contributed by atoms with van der Waals surface area (Å²) in [7, 11) is 0. The number of amides is 3. The van der Waals surface area contributed by atoms with Crippen LogP contribution in [0.25, 0.3) is 0 Å². The molecule has 0 aliphatic heterocycles. The first kappa shape index (κ1) is 23.2. The maximum absolute atomic E-state index is 13.5. The van der Waals surface area contributed by atoms with Crippen LogP contribution in [0.1, 0.15) is 77.9 Å². The van der Waals surface area contributed by atoms with E-state index in [1.807, 2.05) is 18.2 Å². The molecule has 0 spiro atoms. The molecule has 176 valence electrons. The van der Waals surface area contributed by atoms with Crippen LogP contribution in [-0.4, -0.2) is 40.7 Å². The van der Waals surface area contributed by atoms with Gasteiger partial charge in [0.25, 0.3) is 11.8 Å². The molecular formula is C24H31N5O3S. The van der Waals surface area contributed by atoms with Gasteiger partial charge in [0.15, 0.2) is 5.69 Å². The van der Waals surface area contributed by atoms with Crippen molar-refractivity contribution in [2.24, 2.45) is 0 Å². The van der Waals surface area contributed by atoms with Crippen LogP contribution in [-0.2, 0) is 4.79 Å². The van der Waals surface area contributed by atoms with Gasteiger partial charge in [-0.1, -0.05) is 50.3 Å². The van der Waals surface area contributed by atoms with Crippen molar-refractivity contribution in [2.45, 2.75) is 69.9 Å². The Morgan fingerprint density at radius 1 is 0.939 bits per heavy atom. The van der Waals surface area contributed by atoms with Gasteiger partial charge in [0, 0.05) is 17.8 Å². The molecule has 0 unspecified atom stereocenters. The number of nitrogens with zero attached hydrogens (tertiary/aromatic N) is 2. The molecule has 0 saturated heterocycles. The van der Waals surface area contributed by atoms with E-state index in [9.17, 15) is 14.4 Å². The summed E-state index contributed by atoms with van der Waals surface area (Å²) in [6.45, 7) is -0.125. The maximum Gasteiger partial charge on any atom is 0.273 e. The second-order valence-corrected chi connectivity index (χ2v) is 9.63. The lowest BCUT2D eigenvalue weighted by Gasteiger charge is -2.23. The summed E-state index contributed by atoms with van der Waals surface area (Å²) in [5.41, 5.74) is 6.96. The zero-order chi connectivity index (χ0) is 23.2. The van der Waals surface area contributed by atoms with Crippen LogP contribution in [0.4, 0.5) is 11.4 Å². The van der Waals surface area contributed by atoms with Gasteiger partial charge in [-0.15, -0.1) is 0 Å². The zero-order valence-electron chi connectivity index (χ0n) is 18.7. The number of nitrogen functional groups attached to an aromatic ring is 1. The summed E-state index contributed by atoms with van der Waals surface area (Å²) in [5, 5.41) is 6.03. The van der Waals surface area contributed by atoms with Gasteiger partial charge in [0.05, 0.1) is 5.69 Å². The predicted octanol–water partition coefficient (Wildman–Crippen LogP) is 3.49. The fraction of sp³-hybridized carbons (Fsp3) is 0.500. The topological polar surface area (TPSA) is 117 Å². The van der Waals surface area contributed by atoms with Gasteiger partial charge in [-0.05, 0) is 49.3 Å². The van der Waals surface area contributed by atoms with Gasteiger partial charge in [-0.2, -0.15) is 4.37 Å². The van der Waals surface area contributed by atoms with Crippen LogP contribution < -0.4 is 21.3 Å². The molecule has 1 aromatic heterocycles. The molecule has 33 heavy (non-hydrogen) atoms. The Balaban J connectivity index is 1.50. The highest BCUT2D eigenvalue weighted by Gasteiger charge is 2.29. The quantitative estimate of drug-likeness (QED) is 0.574. The van der Waals surface area contributed by atoms with Gasteiger partial charge in [-0.25, -0.2) is 0 Å². The number of benzene rings is 1. The predicted molar refractivity (Wildman–Crippen MR) is 129 cm³/mol. The van der Waals surface area contributed by atoms with Gasteiger partial charge in [-0.3, -0.25) is 19.3 Å². The molecule has 8 nitrogen and oxygen atoms in total. The first-order valence-corrected chi connectivity index (χ1v) is 12.5. The molecule has 2 aliphatic rings. The van der Waals surface area contributed by atoms with Crippen molar-refractivity contribution in [1.82, 2.24) is 15.0 Å². The highest BCUT2D eigenvalue weighted by molar-refractivity contribution is 7.09. The molecule has 9 heteroatoms. The normalized spacial score (nSPS) is 17.0. The second-order valence-electron chi connectivity index (χ2n) is 8.86. The first-order valence-electron chi connectivity index (χ1n) is 11.7. The molecule has 2 saturated carbocycles. The van der Waals surface area contributed by atoms with E-state index >= 15 is 0 Å². The van der Waals surface area contributed by atoms with Crippen LogP contribution in [0.3, 0.4) is 0 Å². The Hall–Kier alpha value is -2.94. The fourth-order valence-corrected chi connectivity index (χ4v) is 5.36. The third-order valence-corrected chi connectivity index (χ3v) is 7.26. The molecule has 1 heterocycles. The van der Waals surface area contributed by atoms with E-state index in [4.69, 9.17) is 5.73 Å². The Bertz CT molecular complexity index is 981. The molecule has 1 aromatic carbocycles. The smallest absolute Gasteiger partial charge is 0.273 e. The number of aromatic nitrogens is 1. The Labute approximate surface area is 198 Å². The summed E-state index contributed by atoms with van der Waals surface area (Å²) in [6.07, 6.45) is 9.40. The third kappa shape index (κ3) is 5.71. The lowest BCUT2D eigenvalue weighted by atomic mass is 9.95. The SMILES string of the molecule is Nc1c(C(=O)NC2CCCCC2)nsc1C(=O)N(CC(=O)NC1CCCC1)c1ccccc1. The van der Waals surface area contributed by atoms with E-state index in [1.165, 1.54) is 11.3 Å². The Morgan fingerprint density at radius 2 is 1.55 bits per heavy atom. The number of nitrogens with one attached hydrogen (secondary N) is 2. The number of rotatable bonds is 7. The summed E-state index contributed by atoms with van der Waals surface area (Å²) < 4.78 is 4.20. The summed E-state index contributed by atoms with van der Waals surface area (Å²) in [6, 6.07) is 9.29. The third-order valence-electron chi connectivity index (χ3n) is 6.41. The van der Waals surface area contributed by atoms with Crippen LogP contribution >= 0.6 is 11.5 Å². The van der Waals surface area contributed by atoms with Crippen molar-refractivity contribution < 1.29 is 14.4 Å². The largest absolute Gasteiger partial charge is 0.395 e. The molecule has 3 amide bonds. The Kier molecular flexibility index (Phi) is 7.59. The van der Waals surface area contributed by atoms with Gasteiger partial charge in [0.1, 0.15) is 11.4 Å². The van der Waals surface area contributed by atoms with Crippen molar-refractivity contribution in [1.29, 1.82) is 0 Å². The van der Waals surface area contributed by atoms with E-state index in [1.54, 1.807) is 12.1 Å². The van der Waals surface area contributed by atoms with Crippen LogP contribution in [0, 0.1) is 0 Å². The minimum absolute atomic E-state index is 0.0652. The molecule has 4 N–H and O–H groups in total. The van der Waals surface area contributed by atoms with Crippen molar-refractivity contribution >= 4 is 40.6 Å². The molecule has 0 radical (unpaired) electrons. The fourth-order valence-electron chi connectivity index (χ4n) is 4.61. The van der Waals surface area contributed by atoms with Crippen molar-refractivity contribution in [3.05, 3.63) is 40.9 Å². The number of nitrogens with two attached hydrogens (primary N) is 1. The number of hydrogen-bond donors (Lipinski definition) is 3. The lowest BCUT2D eigenvalue weighted by Crippen LogP contribution is -2.43. The van der Waals surface area contributed by atoms with E-state index in [2.05, 4.69) is 15.0 Å². The molecule has 2 aliphatic carbocycles. The summed E-state index contributed by atoms with van der Waals surface area (Å²) >= 11 is 0.899. The van der Waals surface area contributed by atoms with Crippen molar-refractivity contribution in [3.8, 4) is 0 Å². The minimum Gasteiger partial charge on any atom is -0.395 e. The highest BCUT2D eigenvalue weighted by atomic mass is 32.1. The van der Waals surface area contributed by atoms with Gasteiger partial charge < -0.3 is 16.4 Å². The minimum atomic E-state index is -0.436. The van der Waals surface area contributed by atoms with Gasteiger partial charge in [0.2, 0.25) is 5.91 Å². The number of para-hydroxylation sites is 1. The average molecular weight is 470 g/mol. The molecule has 4 rings (SSSR count). The standard InChI is InChI=1S/C24H31N5O3S/c25-20-21(23(31)27-17-9-3-1-4-10-17)28-33-22(20)24(32)29(18-13-5-2-6-14-18)15-19(30)26-16-11-7-8-12-16/h2,5-6,13-14,16-17H,1,3-4,7-12,15,25H2,(H,26,30)(H,27,31). The van der Waals surface area contributed by atoms with E-state index < -0.39 is 5.91 Å². The number of carbonyl (C=O) groups excluding carboxylic acids is 3. The molecule has 2 aromatic rings. The molecule has 0 bridgehead atoms. The molecule has 2 fully saturated rings. The Morgan fingerprint density at radius 3 is 2.21 bits per heavy atom. The van der Waals surface area contributed by atoms with Crippen molar-refractivity contribution in [3.63, 3.8) is 0 Å². The van der Waals surface area contributed by atoms with Crippen LogP contribution in [0.15, 0.2) is 30.3 Å². The number of anilines is 2. The zero-order valence-corrected chi connectivity index (χ0v) is 19.5. The maximum atomic E-state index is 13.5. The summed E-state index contributed by atoms with van der Waals surface area (Å²) in [4.78, 5) is 40.5. The van der Waals surface area contributed by atoms with Crippen LogP contribution in [0.5, 0.6) is 0 Å². The lowest BCUT2D eigenvalue weighted by molar-refractivity contribution is -0.120. The summed E-state index contributed by atoms with van der Waals surface area (Å²) in [5.74, 6) is -0.994. The molecular weight excluding hydrogens is 438 g/mol. The average Bonchev–Trinajstić information content (AvgIpc) is 3.48. The molecule has 0 atom stereocenters. The van der Waals surface area contributed by atoms with Crippen molar-refractivity contribution in [2.75, 3.05) is 17.2 Å². The van der Waals surface area contributed by atoms with E-state index in [0.29, 0.717) is 5.69 Å². The number of hydrogen-bond acceptors (Lipinski definition) is 6. The second kappa shape index (κ2) is 10.8. The first-order chi connectivity index (χ1) is 16.0. The van der Waals surface area contributed by atoms with Crippen LogP contribution in [0.2, 0.25) is 0 Å². The number of carbonyl (C=O) groups is 3. The highest BCUT2D eigenvalue weighted by Crippen LogP contribution is 2.27.